The molecule has 2 fully saturated rings. The fourth-order valence-corrected chi connectivity index (χ4v) is 3.01. The molecule has 3 N–H and O–H groups in total. The molecule has 8 heteroatoms. The first-order valence-electron chi connectivity index (χ1n) is 7.58. The summed E-state index contributed by atoms with van der Waals surface area (Å²) >= 11 is 0. The minimum absolute atomic E-state index is 0. The highest BCUT2D eigenvalue weighted by molar-refractivity contribution is 5.95. The van der Waals surface area contributed by atoms with Gasteiger partial charge >= 0.3 is 0 Å². The molecule has 1 aromatic rings. The molecule has 1 aromatic heterocycles. The number of carbonyl (C=O) groups is 1. The summed E-state index contributed by atoms with van der Waals surface area (Å²) in [5.74, 6) is 0.916. The van der Waals surface area contributed by atoms with Crippen molar-refractivity contribution in [3.63, 3.8) is 0 Å². The topological polar surface area (TPSA) is 80.5 Å². The number of hydrogen-bond donors (Lipinski definition) is 2. The monoisotopic (exact) mass is 362 g/mol. The molecule has 0 spiro atoms. The molecule has 6 nitrogen and oxygen atoms in total. The Balaban J connectivity index is 0.00000132. The van der Waals surface area contributed by atoms with Crippen molar-refractivity contribution in [1.82, 2.24) is 4.98 Å². The number of aromatic nitrogens is 1. The van der Waals surface area contributed by atoms with Crippen LogP contribution < -0.4 is 16.0 Å². The minimum atomic E-state index is 0. The van der Waals surface area contributed by atoms with Gasteiger partial charge < -0.3 is 20.7 Å². The Morgan fingerprint density at radius 2 is 2.04 bits per heavy atom. The molecular weight excluding hydrogens is 339 g/mol. The number of rotatable bonds is 3. The van der Waals surface area contributed by atoms with E-state index in [0.29, 0.717) is 13.2 Å². The van der Waals surface area contributed by atoms with Crippen LogP contribution >= 0.6 is 24.8 Å². The zero-order valence-corrected chi connectivity index (χ0v) is 14.6. The van der Waals surface area contributed by atoms with Crippen LogP contribution in [0.4, 0.5) is 11.5 Å². The molecule has 1 saturated carbocycles. The SMILES string of the molecule is Cl.Cl.NC1CCC(C(=O)Nc2cccnc2N2CCOCC2)C1. The lowest BCUT2D eigenvalue weighted by molar-refractivity contribution is -0.119. The second-order valence-corrected chi connectivity index (χ2v) is 5.73. The Morgan fingerprint density at radius 1 is 1.30 bits per heavy atom. The molecule has 1 aliphatic heterocycles. The van der Waals surface area contributed by atoms with Crippen LogP contribution in [0.1, 0.15) is 19.3 Å². The number of nitrogens with two attached hydrogens (primary N) is 1. The second kappa shape index (κ2) is 9.27. The van der Waals surface area contributed by atoms with Crippen molar-refractivity contribution >= 4 is 42.2 Å². The van der Waals surface area contributed by atoms with E-state index >= 15 is 0 Å². The van der Waals surface area contributed by atoms with E-state index in [9.17, 15) is 4.79 Å². The summed E-state index contributed by atoms with van der Waals surface area (Å²) < 4.78 is 5.36. The van der Waals surface area contributed by atoms with Crippen LogP contribution in [0.2, 0.25) is 0 Å². The van der Waals surface area contributed by atoms with Gasteiger partial charge in [0, 0.05) is 31.2 Å². The fraction of sp³-hybridized carbons (Fsp3) is 0.600. The van der Waals surface area contributed by atoms with Gasteiger partial charge in [-0.25, -0.2) is 4.98 Å². The quantitative estimate of drug-likeness (QED) is 0.857. The van der Waals surface area contributed by atoms with Crippen LogP contribution in [-0.4, -0.2) is 43.2 Å². The van der Waals surface area contributed by atoms with Gasteiger partial charge in [0.25, 0.3) is 0 Å². The highest BCUT2D eigenvalue weighted by atomic mass is 35.5. The molecule has 2 unspecified atom stereocenters. The van der Waals surface area contributed by atoms with E-state index in [1.54, 1.807) is 6.20 Å². The average molecular weight is 363 g/mol. The number of anilines is 2. The molecular formula is C15H24Cl2N4O2. The van der Waals surface area contributed by atoms with Crippen molar-refractivity contribution < 1.29 is 9.53 Å². The summed E-state index contributed by atoms with van der Waals surface area (Å²) in [5.41, 5.74) is 6.67. The van der Waals surface area contributed by atoms with E-state index in [0.717, 1.165) is 43.9 Å². The van der Waals surface area contributed by atoms with E-state index < -0.39 is 0 Å². The maximum absolute atomic E-state index is 12.4. The molecule has 0 aromatic carbocycles. The number of nitrogens with one attached hydrogen (secondary N) is 1. The summed E-state index contributed by atoms with van der Waals surface area (Å²) in [7, 11) is 0. The molecule has 3 rings (SSSR count). The number of carbonyl (C=O) groups excluding carboxylic acids is 1. The zero-order valence-electron chi connectivity index (χ0n) is 12.9. The van der Waals surface area contributed by atoms with Gasteiger partial charge in [0.05, 0.1) is 18.9 Å². The maximum atomic E-state index is 12.4. The van der Waals surface area contributed by atoms with Crippen molar-refractivity contribution in [3.8, 4) is 0 Å². The average Bonchev–Trinajstić information content (AvgIpc) is 2.95. The van der Waals surface area contributed by atoms with Crippen molar-refractivity contribution in [2.24, 2.45) is 11.7 Å². The molecule has 23 heavy (non-hydrogen) atoms. The smallest absolute Gasteiger partial charge is 0.227 e. The minimum Gasteiger partial charge on any atom is -0.378 e. The Bertz CT molecular complexity index is 512. The molecule has 1 saturated heterocycles. The van der Waals surface area contributed by atoms with Crippen LogP contribution in [-0.2, 0) is 9.53 Å². The van der Waals surface area contributed by atoms with E-state index in [4.69, 9.17) is 10.5 Å². The first-order valence-corrected chi connectivity index (χ1v) is 7.58. The van der Waals surface area contributed by atoms with Crippen LogP contribution in [0.25, 0.3) is 0 Å². The van der Waals surface area contributed by atoms with Gasteiger partial charge in [0.1, 0.15) is 0 Å². The van der Waals surface area contributed by atoms with Crippen molar-refractivity contribution in [2.75, 3.05) is 36.5 Å². The molecule has 1 amide bonds. The van der Waals surface area contributed by atoms with Gasteiger partial charge in [0.2, 0.25) is 5.91 Å². The van der Waals surface area contributed by atoms with Gasteiger partial charge in [-0.2, -0.15) is 0 Å². The highest BCUT2D eigenvalue weighted by Crippen LogP contribution is 2.28. The largest absolute Gasteiger partial charge is 0.378 e. The third-order valence-corrected chi connectivity index (χ3v) is 4.20. The molecule has 0 radical (unpaired) electrons. The number of morpholine rings is 1. The van der Waals surface area contributed by atoms with Gasteiger partial charge in [-0.05, 0) is 31.4 Å². The summed E-state index contributed by atoms with van der Waals surface area (Å²) in [6.07, 6.45) is 4.34. The lowest BCUT2D eigenvalue weighted by Crippen LogP contribution is -2.37. The molecule has 0 bridgehead atoms. The standard InChI is InChI=1S/C15H22N4O2.2ClH/c16-12-4-3-11(10-12)15(20)18-13-2-1-5-17-14(13)19-6-8-21-9-7-19;;/h1-2,5,11-12H,3-4,6-10,16H2,(H,18,20);2*1H. The Morgan fingerprint density at radius 3 is 2.70 bits per heavy atom. The van der Waals surface area contributed by atoms with Gasteiger partial charge in [0.15, 0.2) is 5.82 Å². The number of halogens is 2. The predicted molar refractivity (Wildman–Crippen MR) is 95.7 cm³/mol. The molecule has 130 valence electrons. The summed E-state index contributed by atoms with van der Waals surface area (Å²) in [4.78, 5) is 18.9. The normalized spacial score (nSPS) is 23.6. The number of amides is 1. The van der Waals surface area contributed by atoms with Gasteiger partial charge in [-0.3, -0.25) is 4.79 Å². The van der Waals surface area contributed by atoms with Crippen LogP contribution in [0, 0.1) is 5.92 Å². The van der Waals surface area contributed by atoms with E-state index in [-0.39, 0.29) is 42.7 Å². The molecule has 1 aliphatic carbocycles. The van der Waals surface area contributed by atoms with E-state index in [2.05, 4.69) is 15.2 Å². The number of ether oxygens (including phenoxy) is 1. The van der Waals surface area contributed by atoms with E-state index in [1.165, 1.54) is 0 Å². The molecule has 2 atom stereocenters. The van der Waals surface area contributed by atoms with Gasteiger partial charge in [-0.15, -0.1) is 24.8 Å². The first-order chi connectivity index (χ1) is 10.2. The number of nitrogens with zero attached hydrogens (tertiary/aromatic N) is 2. The summed E-state index contributed by atoms with van der Waals surface area (Å²) in [5, 5.41) is 3.03. The van der Waals surface area contributed by atoms with Crippen molar-refractivity contribution in [1.29, 1.82) is 0 Å². The van der Waals surface area contributed by atoms with Crippen LogP contribution in [0.15, 0.2) is 18.3 Å². The summed E-state index contributed by atoms with van der Waals surface area (Å²) in [6.45, 7) is 2.99. The zero-order chi connectivity index (χ0) is 14.7. The third-order valence-electron chi connectivity index (χ3n) is 4.20. The second-order valence-electron chi connectivity index (χ2n) is 5.73. The maximum Gasteiger partial charge on any atom is 0.227 e. The molecule has 2 aliphatic rings. The third kappa shape index (κ3) is 4.94. The first kappa shape index (κ1) is 20.0. The number of hydrogen-bond acceptors (Lipinski definition) is 5. The fourth-order valence-electron chi connectivity index (χ4n) is 3.01. The lowest BCUT2D eigenvalue weighted by Gasteiger charge is -2.29. The Kier molecular flexibility index (Phi) is 8.05. The predicted octanol–water partition coefficient (Wildman–Crippen LogP) is 1.83. The summed E-state index contributed by atoms with van der Waals surface area (Å²) in [6, 6.07) is 3.92. The highest BCUT2D eigenvalue weighted by Gasteiger charge is 2.28. The number of pyridine rings is 1. The van der Waals surface area contributed by atoms with Crippen LogP contribution in [0.5, 0.6) is 0 Å². The molecule has 2 heterocycles. The Hall–Kier alpha value is -1.08. The van der Waals surface area contributed by atoms with Crippen LogP contribution in [0.3, 0.4) is 0 Å². The van der Waals surface area contributed by atoms with Crippen molar-refractivity contribution in [2.45, 2.75) is 25.3 Å². The Labute approximate surface area is 149 Å². The lowest BCUT2D eigenvalue weighted by atomic mass is 10.1. The van der Waals surface area contributed by atoms with Gasteiger partial charge in [-0.1, -0.05) is 0 Å². The van der Waals surface area contributed by atoms with Crippen molar-refractivity contribution in [3.05, 3.63) is 18.3 Å². The van der Waals surface area contributed by atoms with E-state index in [1.807, 2.05) is 12.1 Å².